The molecule has 2 aliphatic carbocycles. The van der Waals surface area contributed by atoms with Crippen molar-refractivity contribution in [1.82, 2.24) is 0 Å². The fourth-order valence-electron chi connectivity index (χ4n) is 4.66. The zero-order valence-electron chi connectivity index (χ0n) is 14.4. The smallest absolute Gasteiger partial charge is 0.164 e. The van der Waals surface area contributed by atoms with Crippen LogP contribution in [0.25, 0.3) is 0 Å². The Morgan fingerprint density at radius 1 is 1.08 bits per heavy atom. The van der Waals surface area contributed by atoms with Crippen LogP contribution in [-0.4, -0.2) is 20.3 Å². The molecule has 0 fully saturated rings. The van der Waals surface area contributed by atoms with E-state index < -0.39 is 0 Å². The van der Waals surface area contributed by atoms with Gasteiger partial charge in [0, 0.05) is 17.5 Å². The lowest BCUT2D eigenvalue weighted by Gasteiger charge is -2.40. The van der Waals surface area contributed by atoms with Gasteiger partial charge in [0.25, 0.3) is 0 Å². The molecule has 0 bridgehead atoms. The SMILES string of the molecule is COc1cc2c3c(c1OC)C[C@H](c1ccccc1)C[C@@H]3[C@@H](N)CC2. The van der Waals surface area contributed by atoms with Crippen LogP contribution < -0.4 is 15.2 Å². The van der Waals surface area contributed by atoms with E-state index in [0.29, 0.717) is 11.8 Å². The van der Waals surface area contributed by atoms with Crippen LogP contribution in [0.2, 0.25) is 0 Å². The summed E-state index contributed by atoms with van der Waals surface area (Å²) in [4.78, 5) is 0. The molecule has 0 saturated heterocycles. The second kappa shape index (κ2) is 6.14. The molecule has 2 aromatic carbocycles. The molecular formula is C21H25NO2. The molecule has 3 nitrogen and oxygen atoms in total. The van der Waals surface area contributed by atoms with Crippen LogP contribution in [0.4, 0.5) is 0 Å². The largest absolute Gasteiger partial charge is 0.493 e. The number of ether oxygens (including phenoxy) is 2. The standard InChI is InChI=1S/C21H25NO2/c1-23-19-12-14-8-9-18(22)16-10-15(13-6-4-3-5-7-13)11-17(20(14)16)21(19)24-2/h3-7,12,15-16,18H,8-11,22H2,1-2H3/t15-,16-,18+/m1/s1. The summed E-state index contributed by atoms with van der Waals surface area (Å²) in [6.07, 6.45) is 4.21. The quantitative estimate of drug-likeness (QED) is 0.934. The Balaban J connectivity index is 1.87. The first-order valence-corrected chi connectivity index (χ1v) is 8.80. The minimum Gasteiger partial charge on any atom is -0.493 e. The maximum Gasteiger partial charge on any atom is 0.164 e. The van der Waals surface area contributed by atoms with E-state index in [1.807, 2.05) is 0 Å². The van der Waals surface area contributed by atoms with E-state index >= 15 is 0 Å². The van der Waals surface area contributed by atoms with Gasteiger partial charge >= 0.3 is 0 Å². The first-order chi connectivity index (χ1) is 11.7. The van der Waals surface area contributed by atoms with Crippen molar-refractivity contribution >= 4 is 0 Å². The molecule has 0 spiro atoms. The molecule has 3 atom stereocenters. The molecule has 0 aliphatic heterocycles. The maximum atomic E-state index is 6.54. The molecule has 0 amide bonds. The Morgan fingerprint density at radius 2 is 1.88 bits per heavy atom. The molecule has 2 N–H and O–H groups in total. The zero-order chi connectivity index (χ0) is 16.7. The third kappa shape index (κ3) is 2.39. The summed E-state index contributed by atoms with van der Waals surface area (Å²) < 4.78 is 11.4. The van der Waals surface area contributed by atoms with E-state index in [1.54, 1.807) is 14.2 Å². The predicted molar refractivity (Wildman–Crippen MR) is 96.1 cm³/mol. The normalized spacial score (nSPS) is 25.0. The van der Waals surface area contributed by atoms with Gasteiger partial charge in [0.1, 0.15) is 0 Å². The van der Waals surface area contributed by atoms with E-state index in [1.165, 1.54) is 22.3 Å². The molecule has 2 aromatic rings. The molecule has 0 unspecified atom stereocenters. The van der Waals surface area contributed by atoms with Crippen LogP contribution in [0.3, 0.4) is 0 Å². The third-order valence-electron chi connectivity index (χ3n) is 5.79. The van der Waals surface area contributed by atoms with Crippen LogP contribution in [0.1, 0.15) is 46.9 Å². The summed E-state index contributed by atoms with van der Waals surface area (Å²) >= 11 is 0. The van der Waals surface area contributed by atoms with Crippen molar-refractivity contribution in [3.63, 3.8) is 0 Å². The van der Waals surface area contributed by atoms with E-state index in [0.717, 1.165) is 37.2 Å². The highest BCUT2D eigenvalue weighted by molar-refractivity contribution is 5.58. The first-order valence-electron chi connectivity index (χ1n) is 8.80. The highest BCUT2D eigenvalue weighted by Crippen LogP contribution is 2.51. The number of nitrogens with two attached hydrogens (primary N) is 1. The van der Waals surface area contributed by atoms with Crippen LogP contribution in [0.15, 0.2) is 36.4 Å². The number of hydrogen-bond donors (Lipinski definition) is 1. The van der Waals surface area contributed by atoms with Gasteiger partial charge in [-0.3, -0.25) is 0 Å². The van der Waals surface area contributed by atoms with Crippen molar-refractivity contribution in [2.75, 3.05) is 14.2 Å². The topological polar surface area (TPSA) is 44.5 Å². The average molecular weight is 323 g/mol. The van der Waals surface area contributed by atoms with Crippen LogP contribution in [-0.2, 0) is 12.8 Å². The van der Waals surface area contributed by atoms with Crippen LogP contribution in [0.5, 0.6) is 11.5 Å². The summed E-state index contributed by atoms with van der Waals surface area (Å²) in [5.41, 5.74) is 12.1. The molecule has 0 aromatic heterocycles. The van der Waals surface area contributed by atoms with Crippen molar-refractivity contribution in [1.29, 1.82) is 0 Å². The molecule has 0 heterocycles. The van der Waals surface area contributed by atoms with Gasteiger partial charge in [0.15, 0.2) is 11.5 Å². The molecule has 126 valence electrons. The Morgan fingerprint density at radius 3 is 2.58 bits per heavy atom. The minimum absolute atomic E-state index is 0.237. The highest BCUT2D eigenvalue weighted by Gasteiger charge is 2.38. The molecule has 2 aliphatic rings. The number of methoxy groups -OCH3 is 2. The van der Waals surface area contributed by atoms with Crippen LogP contribution >= 0.6 is 0 Å². The van der Waals surface area contributed by atoms with Gasteiger partial charge < -0.3 is 15.2 Å². The van der Waals surface area contributed by atoms with Crippen molar-refractivity contribution in [2.45, 2.75) is 43.6 Å². The Hall–Kier alpha value is -2.00. The van der Waals surface area contributed by atoms with Crippen molar-refractivity contribution < 1.29 is 9.47 Å². The lowest BCUT2D eigenvalue weighted by atomic mass is 9.66. The lowest BCUT2D eigenvalue weighted by Crippen LogP contribution is -2.37. The van der Waals surface area contributed by atoms with E-state index in [2.05, 4.69) is 36.4 Å². The lowest BCUT2D eigenvalue weighted by molar-refractivity contribution is 0.334. The van der Waals surface area contributed by atoms with Gasteiger partial charge in [-0.1, -0.05) is 30.3 Å². The second-order valence-electron chi connectivity index (χ2n) is 7.02. The number of rotatable bonds is 3. The van der Waals surface area contributed by atoms with Gasteiger partial charge in [-0.15, -0.1) is 0 Å². The summed E-state index contributed by atoms with van der Waals surface area (Å²) in [6.45, 7) is 0. The fourth-order valence-corrected chi connectivity index (χ4v) is 4.66. The van der Waals surface area contributed by atoms with Gasteiger partial charge in [-0.2, -0.15) is 0 Å². The molecular weight excluding hydrogens is 298 g/mol. The number of hydrogen-bond acceptors (Lipinski definition) is 3. The summed E-state index contributed by atoms with van der Waals surface area (Å²) in [5, 5.41) is 0. The van der Waals surface area contributed by atoms with Crippen LogP contribution in [0, 0.1) is 0 Å². The average Bonchev–Trinajstić information content (AvgIpc) is 2.64. The summed E-state index contributed by atoms with van der Waals surface area (Å²) in [5.74, 6) is 2.66. The third-order valence-corrected chi connectivity index (χ3v) is 5.79. The van der Waals surface area contributed by atoms with E-state index in [4.69, 9.17) is 15.2 Å². The Bertz CT molecular complexity index is 741. The molecule has 4 rings (SSSR count). The molecule has 0 saturated carbocycles. The molecule has 24 heavy (non-hydrogen) atoms. The van der Waals surface area contributed by atoms with Crippen molar-refractivity contribution in [3.8, 4) is 11.5 Å². The molecule has 3 heteroatoms. The molecule has 0 radical (unpaired) electrons. The van der Waals surface area contributed by atoms with Crippen molar-refractivity contribution in [3.05, 3.63) is 58.7 Å². The Labute approximate surface area is 143 Å². The summed E-state index contributed by atoms with van der Waals surface area (Å²) in [7, 11) is 3.46. The minimum atomic E-state index is 0.237. The Kier molecular flexibility index (Phi) is 3.97. The van der Waals surface area contributed by atoms with Gasteiger partial charge in [0.05, 0.1) is 14.2 Å². The monoisotopic (exact) mass is 323 g/mol. The van der Waals surface area contributed by atoms with E-state index in [9.17, 15) is 0 Å². The van der Waals surface area contributed by atoms with Gasteiger partial charge in [0.2, 0.25) is 0 Å². The summed E-state index contributed by atoms with van der Waals surface area (Å²) in [6, 6.07) is 13.2. The second-order valence-corrected chi connectivity index (χ2v) is 7.02. The first kappa shape index (κ1) is 15.5. The zero-order valence-corrected chi connectivity index (χ0v) is 14.4. The van der Waals surface area contributed by atoms with E-state index in [-0.39, 0.29) is 6.04 Å². The van der Waals surface area contributed by atoms with Crippen molar-refractivity contribution in [2.24, 2.45) is 5.73 Å². The maximum absolute atomic E-state index is 6.54. The highest BCUT2D eigenvalue weighted by atomic mass is 16.5. The number of aryl methyl sites for hydroxylation is 1. The predicted octanol–water partition coefficient (Wildman–Crippen LogP) is 3.79. The van der Waals surface area contributed by atoms with Gasteiger partial charge in [-0.05, 0) is 54.4 Å². The number of benzene rings is 2. The van der Waals surface area contributed by atoms with Gasteiger partial charge in [-0.25, -0.2) is 0 Å². The fraction of sp³-hybridized carbons (Fsp3) is 0.429.